The maximum Gasteiger partial charge on any atom is 0.253 e. The summed E-state index contributed by atoms with van der Waals surface area (Å²) in [5, 5.41) is 3.41. The minimum atomic E-state index is -0.335. The summed E-state index contributed by atoms with van der Waals surface area (Å²) in [6.07, 6.45) is 0. The third-order valence-electron chi connectivity index (χ3n) is 4.97. The number of methoxy groups -OCH3 is 1. The Morgan fingerprint density at radius 2 is 1.75 bits per heavy atom. The molecule has 2 aromatic rings. The molecular formula is C21H24ClN3O3. The van der Waals surface area contributed by atoms with Crippen molar-refractivity contribution in [2.75, 3.05) is 38.6 Å². The van der Waals surface area contributed by atoms with Crippen molar-refractivity contribution < 1.29 is 14.3 Å². The first kappa shape index (κ1) is 20.2. The number of benzene rings is 2. The van der Waals surface area contributed by atoms with Crippen LogP contribution >= 0.6 is 11.6 Å². The molecule has 0 bridgehead atoms. The quantitative estimate of drug-likeness (QED) is 0.836. The van der Waals surface area contributed by atoms with E-state index in [0.29, 0.717) is 48.2 Å². The van der Waals surface area contributed by atoms with Gasteiger partial charge in [-0.3, -0.25) is 14.5 Å². The van der Waals surface area contributed by atoms with E-state index in [1.54, 1.807) is 25.3 Å². The standard InChI is InChI=1S/C21H24ClN3O3/c1-15(20(26)23-18-14-17(22)8-9-19(18)28-2)24-10-12-25(13-11-24)21(27)16-6-4-3-5-7-16/h3-9,14-15H,10-13H2,1-2H3,(H,23,26)/t15-/m1/s1. The maximum atomic E-state index is 12.7. The average molecular weight is 402 g/mol. The lowest BCUT2D eigenvalue weighted by Gasteiger charge is -2.37. The zero-order valence-corrected chi connectivity index (χ0v) is 16.8. The number of nitrogens with zero attached hydrogens (tertiary/aromatic N) is 2. The van der Waals surface area contributed by atoms with E-state index < -0.39 is 0 Å². The fourth-order valence-corrected chi connectivity index (χ4v) is 3.43. The monoisotopic (exact) mass is 401 g/mol. The van der Waals surface area contributed by atoms with Crippen LogP contribution in [-0.2, 0) is 4.79 Å². The highest BCUT2D eigenvalue weighted by molar-refractivity contribution is 6.31. The van der Waals surface area contributed by atoms with Crippen molar-refractivity contribution in [3.63, 3.8) is 0 Å². The molecule has 1 heterocycles. The molecule has 1 aliphatic heterocycles. The van der Waals surface area contributed by atoms with Crippen LogP contribution in [0.4, 0.5) is 5.69 Å². The maximum absolute atomic E-state index is 12.7. The Kier molecular flexibility index (Phi) is 6.54. The predicted octanol–water partition coefficient (Wildman–Crippen LogP) is 3.13. The number of amides is 2. The minimum Gasteiger partial charge on any atom is -0.495 e. The summed E-state index contributed by atoms with van der Waals surface area (Å²) in [4.78, 5) is 29.2. The molecule has 28 heavy (non-hydrogen) atoms. The van der Waals surface area contributed by atoms with Gasteiger partial charge >= 0.3 is 0 Å². The molecule has 1 aliphatic rings. The second-order valence-corrected chi connectivity index (χ2v) is 7.14. The number of hydrogen-bond donors (Lipinski definition) is 1. The van der Waals surface area contributed by atoms with Crippen molar-refractivity contribution >= 4 is 29.1 Å². The number of carbonyl (C=O) groups is 2. The van der Waals surface area contributed by atoms with Crippen molar-refractivity contribution in [1.29, 1.82) is 0 Å². The van der Waals surface area contributed by atoms with E-state index in [-0.39, 0.29) is 17.9 Å². The number of piperazine rings is 1. The number of anilines is 1. The minimum absolute atomic E-state index is 0.0287. The fraction of sp³-hybridized carbons (Fsp3) is 0.333. The van der Waals surface area contributed by atoms with Gasteiger partial charge in [0.1, 0.15) is 5.75 Å². The van der Waals surface area contributed by atoms with E-state index in [2.05, 4.69) is 10.2 Å². The zero-order valence-electron chi connectivity index (χ0n) is 16.0. The van der Waals surface area contributed by atoms with Crippen molar-refractivity contribution in [3.05, 3.63) is 59.1 Å². The Balaban J connectivity index is 1.57. The van der Waals surface area contributed by atoms with Crippen LogP contribution in [0.25, 0.3) is 0 Å². The van der Waals surface area contributed by atoms with E-state index in [4.69, 9.17) is 16.3 Å². The van der Waals surface area contributed by atoms with Crippen LogP contribution in [0, 0.1) is 0 Å². The second-order valence-electron chi connectivity index (χ2n) is 6.70. The van der Waals surface area contributed by atoms with Gasteiger partial charge in [-0.2, -0.15) is 0 Å². The SMILES string of the molecule is COc1ccc(Cl)cc1NC(=O)[C@@H](C)N1CCN(C(=O)c2ccccc2)CC1. The molecular weight excluding hydrogens is 378 g/mol. The van der Waals surface area contributed by atoms with Crippen LogP contribution in [0.15, 0.2) is 48.5 Å². The smallest absolute Gasteiger partial charge is 0.253 e. The third kappa shape index (κ3) is 4.64. The van der Waals surface area contributed by atoms with Crippen LogP contribution in [0.3, 0.4) is 0 Å². The number of halogens is 1. The molecule has 1 N–H and O–H groups in total. The highest BCUT2D eigenvalue weighted by Crippen LogP contribution is 2.28. The first-order valence-corrected chi connectivity index (χ1v) is 9.60. The Hall–Kier alpha value is -2.57. The van der Waals surface area contributed by atoms with Crippen molar-refractivity contribution in [3.8, 4) is 5.75 Å². The Morgan fingerprint density at radius 3 is 2.39 bits per heavy atom. The van der Waals surface area contributed by atoms with E-state index in [9.17, 15) is 9.59 Å². The topological polar surface area (TPSA) is 61.9 Å². The normalized spacial score (nSPS) is 15.8. The summed E-state index contributed by atoms with van der Waals surface area (Å²) in [6, 6.07) is 14.0. The molecule has 0 unspecified atom stereocenters. The van der Waals surface area contributed by atoms with Gasteiger partial charge in [0.15, 0.2) is 0 Å². The fourth-order valence-electron chi connectivity index (χ4n) is 3.26. The van der Waals surface area contributed by atoms with Crippen LogP contribution < -0.4 is 10.1 Å². The van der Waals surface area contributed by atoms with E-state index in [1.165, 1.54) is 0 Å². The predicted molar refractivity (Wildman–Crippen MR) is 110 cm³/mol. The summed E-state index contributed by atoms with van der Waals surface area (Å²) >= 11 is 6.03. The summed E-state index contributed by atoms with van der Waals surface area (Å²) in [5.74, 6) is 0.452. The Labute approximate surface area is 170 Å². The molecule has 1 atom stereocenters. The third-order valence-corrected chi connectivity index (χ3v) is 5.20. The molecule has 0 aromatic heterocycles. The molecule has 0 saturated carbocycles. The van der Waals surface area contributed by atoms with Crippen LogP contribution in [0.5, 0.6) is 5.75 Å². The molecule has 0 aliphatic carbocycles. The van der Waals surface area contributed by atoms with Gasteiger partial charge in [-0.15, -0.1) is 0 Å². The van der Waals surface area contributed by atoms with Gasteiger partial charge in [0, 0.05) is 36.8 Å². The van der Waals surface area contributed by atoms with Crippen LogP contribution in [-0.4, -0.2) is 60.9 Å². The second kappa shape index (κ2) is 9.08. The van der Waals surface area contributed by atoms with E-state index in [0.717, 1.165) is 0 Å². The van der Waals surface area contributed by atoms with Gasteiger partial charge in [-0.05, 0) is 37.3 Å². The molecule has 6 nitrogen and oxygen atoms in total. The Morgan fingerprint density at radius 1 is 1.07 bits per heavy atom. The molecule has 148 valence electrons. The molecule has 2 amide bonds. The van der Waals surface area contributed by atoms with Crippen LogP contribution in [0.2, 0.25) is 5.02 Å². The van der Waals surface area contributed by atoms with Crippen molar-refractivity contribution in [2.45, 2.75) is 13.0 Å². The number of carbonyl (C=O) groups excluding carboxylic acids is 2. The molecule has 3 rings (SSSR count). The first-order valence-electron chi connectivity index (χ1n) is 9.22. The van der Waals surface area contributed by atoms with E-state index in [1.807, 2.05) is 42.2 Å². The summed E-state index contributed by atoms with van der Waals surface area (Å²) in [6.45, 7) is 4.32. The largest absolute Gasteiger partial charge is 0.495 e. The molecule has 7 heteroatoms. The zero-order chi connectivity index (χ0) is 20.1. The lowest BCUT2D eigenvalue weighted by Crippen LogP contribution is -2.54. The lowest BCUT2D eigenvalue weighted by molar-refractivity contribution is -0.121. The van der Waals surface area contributed by atoms with Gasteiger partial charge in [-0.1, -0.05) is 29.8 Å². The summed E-state index contributed by atoms with van der Waals surface area (Å²) in [7, 11) is 1.55. The number of nitrogens with one attached hydrogen (secondary N) is 1. The highest BCUT2D eigenvalue weighted by atomic mass is 35.5. The number of ether oxygens (including phenoxy) is 1. The lowest BCUT2D eigenvalue weighted by atomic mass is 10.1. The van der Waals surface area contributed by atoms with Gasteiger partial charge in [0.25, 0.3) is 5.91 Å². The van der Waals surface area contributed by atoms with Gasteiger partial charge in [0.2, 0.25) is 5.91 Å². The highest BCUT2D eigenvalue weighted by Gasteiger charge is 2.28. The molecule has 0 spiro atoms. The molecule has 1 fully saturated rings. The summed E-state index contributed by atoms with van der Waals surface area (Å²) in [5.41, 5.74) is 1.24. The van der Waals surface area contributed by atoms with Gasteiger partial charge in [-0.25, -0.2) is 0 Å². The van der Waals surface area contributed by atoms with Gasteiger partial charge < -0.3 is 15.0 Å². The number of rotatable bonds is 5. The molecule has 1 saturated heterocycles. The molecule has 0 radical (unpaired) electrons. The number of hydrogen-bond acceptors (Lipinski definition) is 4. The van der Waals surface area contributed by atoms with Gasteiger partial charge in [0.05, 0.1) is 18.8 Å². The van der Waals surface area contributed by atoms with Crippen molar-refractivity contribution in [2.24, 2.45) is 0 Å². The average Bonchev–Trinajstić information content (AvgIpc) is 2.73. The van der Waals surface area contributed by atoms with Crippen molar-refractivity contribution in [1.82, 2.24) is 9.80 Å². The molecule has 2 aromatic carbocycles. The first-order chi connectivity index (χ1) is 13.5. The van der Waals surface area contributed by atoms with Crippen LogP contribution in [0.1, 0.15) is 17.3 Å². The van der Waals surface area contributed by atoms with E-state index >= 15 is 0 Å². The summed E-state index contributed by atoms with van der Waals surface area (Å²) < 4.78 is 5.28. The Bertz CT molecular complexity index is 836.